The third-order valence-corrected chi connectivity index (χ3v) is 3.12. The molecular weight excluding hydrogens is 218 g/mol. The van der Waals surface area contributed by atoms with Crippen LogP contribution in [0.2, 0.25) is 0 Å². The van der Waals surface area contributed by atoms with Crippen molar-refractivity contribution in [3.8, 4) is 5.75 Å². The molecule has 2 N–H and O–H groups in total. The van der Waals surface area contributed by atoms with E-state index in [1.54, 1.807) is 11.3 Å². The van der Waals surface area contributed by atoms with Crippen molar-refractivity contribution >= 4 is 11.3 Å². The Hall–Kier alpha value is -1.32. The van der Waals surface area contributed by atoms with Gasteiger partial charge in [-0.1, -0.05) is 18.2 Å². The van der Waals surface area contributed by atoms with E-state index in [2.05, 4.69) is 16.8 Å². The highest BCUT2D eigenvalue weighted by molar-refractivity contribution is 7.07. The molecule has 84 valence electrons. The Bertz CT molecular complexity index is 437. The van der Waals surface area contributed by atoms with Crippen molar-refractivity contribution in [2.75, 3.05) is 0 Å². The van der Waals surface area contributed by atoms with Crippen molar-refractivity contribution in [1.82, 2.24) is 0 Å². The summed E-state index contributed by atoms with van der Waals surface area (Å²) in [5.74, 6) is 0.878. The summed E-state index contributed by atoms with van der Waals surface area (Å²) < 4.78 is 5.77. The molecule has 2 rings (SSSR count). The van der Waals surface area contributed by atoms with Crippen LogP contribution in [0.3, 0.4) is 0 Å². The summed E-state index contributed by atoms with van der Waals surface area (Å²) >= 11 is 1.68. The molecule has 1 heterocycles. The van der Waals surface area contributed by atoms with Gasteiger partial charge in [0.1, 0.15) is 12.4 Å². The molecule has 1 atom stereocenters. The van der Waals surface area contributed by atoms with Crippen molar-refractivity contribution in [3.63, 3.8) is 0 Å². The number of rotatable bonds is 4. The molecule has 3 heteroatoms. The third kappa shape index (κ3) is 2.62. The maximum absolute atomic E-state index is 5.89. The van der Waals surface area contributed by atoms with E-state index in [1.165, 1.54) is 5.56 Å². The number of para-hydroxylation sites is 1. The first-order valence-electron chi connectivity index (χ1n) is 5.26. The van der Waals surface area contributed by atoms with Gasteiger partial charge in [0.25, 0.3) is 0 Å². The molecule has 16 heavy (non-hydrogen) atoms. The van der Waals surface area contributed by atoms with E-state index in [9.17, 15) is 0 Å². The number of ether oxygens (including phenoxy) is 1. The topological polar surface area (TPSA) is 35.2 Å². The van der Waals surface area contributed by atoms with Crippen LogP contribution in [0.5, 0.6) is 5.75 Å². The fourth-order valence-electron chi connectivity index (χ4n) is 1.52. The molecule has 0 aliphatic heterocycles. The highest BCUT2D eigenvalue weighted by Crippen LogP contribution is 2.24. The highest BCUT2D eigenvalue weighted by Gasteiger charge is 2.06. The quantitative estimate of drug-likeness (QED) is 0.879. The van der Waals surface area contributed by atoms with Crippen LogP contribution in [0.4, 0.5) is 0 Å². The van der Waals surface area contributed by atoms with Crippen molar-refractivity contribution in [2.45, 2.75) is 19.6 Å². The fraction of sp³-hybridized carbons (Fsp3) is 0.231. The summed E-state index contributed by atoms with van der Waals surface area (Å²) in [5.41, 5.74) is 8.14. The minimum atomic E-state index is -0.00123. The van der Waals surface area contributed by atoms with E-state index in [1.807, 2.05) is 31.2 Å². The second kappa shape index (κ2) is 5.14. The Kier molecular flexibility index (Phi) is 3.59. The van der Waals surface area contributed by atoms with Crippen LogP contribution in [-0.4, -0.2) is 0 Å². The minimum absolute atomic E-state index is 0.00123. The molecule has 0 saturated heterocycles. The zero-order chi connectivity index (χ0) is 11.4. The summed E-state index contributed by atoms with van der Waals surface area (Å²) in [4.78, 5) is 0. The number of thiophene rings is 1. The Morgan fingerprint density at radius 3 is 2.81 bits per heavy atom. The van der Waals surface area contributed by atoms with E-state index in [4.69, 9.17) is 10.5 Å². The van der Waals surface area contributed by atoms with Gasteiger partial charge in [0.05, 0.1) is 0 Å². The van der Waals surface area contributed by atoms with Gasteiger partial charge < -0.3 is 10.5 Å². The van der Waals surface area contributed by atoms with Gasteiger partial charge in [-0.15, -0.1) is 0 Å². The molecule has 2 aromatic rings. The molecule has 0 saturated carbocycles. The summed E-state index contributed by atoms with van der Waals surface area (Å²) in [5, 5.41) is 4.14. The molecule has 0 radical (unpaired) electrons. The maximum atomic E-state index is 5.89. The summed E-state index contributed by atoms with van der Waals surface area (Å²) in [6.07, 6.45) is 0. The first-order valence-corrected chi connectivity index (χ1v) is 6.20. The SMILES string of the molecule is C[C@H](N)c1ccccc1OCc1ccsc1. The van der Waals surface area contributed by atoms with Gasteiger partial charge in [0, 0.05) is 11.6 Å². The predicted octanol–water partition coefficient (Wildman–Crippen LogP) is 3.35. The molecule has 0 bridgehead atoms. The average molecular weight is 233 g/mol. The molecule has 0 spiro atoms. The first-order chi connectivity index (χ1) is 7.77. The lowest BCUT2D eigenvalue weighted by Crippen LogP contribution is -2.07. The van der Waals surface area contributed by atoms with Crippen molar-refractivity contribution in [2.24, 2.45) is 5.73 Å². The number of nitrogens with two attached hydrogens (primary N) is 1. The predicted molar refractivity (Wildman–Crippen MR) is 67.7 cm³/mol. The largest absolute Gasteiger partial charge is 0.489 e. The van der Waals surface area contributed by atoms with Crippen molar-refractivity contribution in [1.29, 1.82) is 0 Å². The lowest BCUT2D eigenvalue weighted by molar-refractivity contribution is 0.302. The smallest absolute Gasteiger partial charge is 0.124 e. The van der Waals surface area contributed by atoms with Crippen LogP contribution in [0, 0.1) is 0 Å². The van der Waals surface area contributed by atoms with Crippen LogP contribution < -0.4 is 10.5 Å². The molecular formula is C13H15NOS. The summed E-state index contributed by atoms with van der Waals surface area (Å²) in [6.45, 7) is 2.57. The molecule has 0 aliphatic rings. The van der Waals surface area contributed by atoms with Gasteiger partial charge >= 0.3 is 0 Å². The van der Waals surface area contributed by atoms with Gasteiger partial charge in [0.15, 0.2) is 0 Å². The van der Waals surface area contributed by atoms with E-state index < -0.39 is 0 Å². The molecule has 0 unspecified atom stereocenters. The maximum Gasteiger partial charge on any atom is 0.124 e. The van der Waals surface area contributed by atoms with Crippen LogP contribution in [0.15, 0.2) is 41.1 Å². The molecule has 1 aromatic heterocycles. The van der Waals surface area contributed by atoms with Crippen LogP contribution >= 0.6 is 11.3 Å². The normalized spacial score (nSPS) is 12.4. The van der Waals surface area contributed by atoms with E-state index in [0.717, 1.165) is 11.3 Å². The highest BCUT2D eigenvalue weighted by atomic mass is 32.1. The number of hydrogen-bond donors (Lipinski definition) is 1. The van der Waals surface area contributed by atoms with Crippen LogP contribution in [-0.2, 0) is 6.61 Å². The zero-order valence-corrected chi connectivity index (χ0v) is 10.0. The second-order valence-corrected chi connectivity index (χ2v) is 4.53. The Labute approximate surface area is 99.7 Å². The van der Waals surface area contributed by atoms with E-state index in [-0.39, 0.29) is 6.04 Å². The molecule has 2 nitrogen and oxygen atoms in total. The number of hydrogen-bond acceptors (Lipinski definition) is 3. The van der Waals surface area contributed by atoms with Gasteiger partial charge in [-0.25, -0.2) is 0 Å². The second-order valence-electron chi connectivity index (χ2n) is 3.75. The van der Waals surface area contributed by atoms with Gasteiger partial charge in [-0.3, -0.25) is 0 Å². The van der Waals surface area contributed by atoms with Gasteiger partial charge in [0.2, 0.25) is 0 Å². The third-order valence-electron chi connectivity index (χ3n) is 2.38. The zero-order valence-electron chi connectivity index (χ0n) is 9.22. The Balaban J connectivity index is 2.09. The van der Waals surface area contributed by atoms with E-state index >= 15 is 0 Å². The minimum Gasteiger partial charge on any atom is -0.489 e. The van der Waals surface area contributed by atoms with Crippen LogP contribution in [0.1, 0.15) is 24.1 Å². The molecule has 0 fully saturated rings. The monoisotopic (exact) mass is 233 g/mol. The van der Waals surface area contributed by atoms with Crippen molar-refractivity contribution in [3.05, 3.63) is 52.2 Å². The summed E-state index contributed by atoms with van der Waals surface area (Å²) in [7, 11) is 0. The summed E-state index contributed by atoms with van der Waals surface area (Å²) in [6, 6.07) is 9.99. The number of benzene rings is 1. The van der Waals surface area contributed by atoms with Gasteiger partial charge in [-0.05, 0) is 35.4 Å². The molecule has 0 aliphatic carbocycles. The van der Waals surface area contributed by atoms with Gasteiger partial charge in [-0.2, -0.15) is 11.3 Å². The average Bonchev–Trinajstić information content (AvgIpc) is 2.79. The van der Waals surface area contributed by atoms with Crippen LogP contribution in [0.25, 0.3) is 0 Å². The first kappa shape index (κ1) is 11.2. The lowest BCUT2D eigenvalue weighted by Gasteiger charge is -2.13. The lowest BCUT2D eigenvalue weighted by atomic mass is 10.1. The van der Waals surface area contributed by atoms with Crippen molar-refractivity contribution < 1.29 is 4.74 Å². The molecule has 1 aromatic carbocycles. The fourth-order valence-corrected chi connectivity index (χ4v) is 2.18. The standard InChI is InChI=1S/C13H15NOS/c1-10(14)12-4-2-3-5-13(12)15-8-11-6-7-16-9-11/h2-7,9-10H,8,14H2,1H3/t10-/m0/s1. The molecule has 0 amide bonds. The Morgan fingerprint density at radius 2 is 2.12 bits per heavy atom. The van der Waals surface area contributed by atoms with E-state index in [0.29, 0.717) is 6.61 Å². The Morgan fingerprint density at radius 1 is 1.31 bits per heavy atom.